The fraction of sp³-hybridized carbons (Fsp3) is 0.286. The van der Waals surface area contributed by atoms with Crippen LogP contribution in [-0.2, 0) is 13.0 Å². The number of nitrogens with zero attached hydrogens (tertiary/aromatic N) is 5. The molecule has 0 bridgehead atoms. The van der Waals surface area contributed by atoms with Crippen LogP contribution in [0.1, 0.15) is 12.5 Å². The van der Waals surface area contributed by atoms with Crippen LogP contribution in [0.25, 0.3) is 27.8 Å². The van der Waals surface area contributed by atoms with Gasteiger partial charge in [-0.25, -0.2) is 9.97 Å². The summed E-state index contributed by atoms with van der Waals surface area (Å²) >= 11 is 0. The molecule has 11 heteroatoms. The third-order valence-corrected chi connectivity index (χ3v) is 4.98. The second kappa shape index (κ2) is 8.06. The van der Waals surface area contributed by atoms with Crippen LogP contribution >= 0.6 is 0 Å². The number of aromatic nitrogens is 5. The summed E-state index contributed by atoms with van der Waals surface area (Å²) < 4.78 is 50.6. The largest absolute Gasteiger partial charge is 0.494 e. The Morgan fingerprint density at radius 3 is 2.53 bits per heavy atom. The molecule has 4 aromatic heterocycles. The summed E-state index contributed by atoms with van der Waals surface area (Å²) in [6.07, 6.45) is 1.85. The highest BCUT2D eigenvalue weighted by Gasteiger charge is 2.28. The maximum absolute atomic E-state index is 12.7. The molecule has 1 N–H and O–H groups in total. The molecule has 0 saturated heterocycles. The lowest BCUT2D eigenvalue weighted by Gasteiger charge is -2.09. The summed E-state index contributed by atoms with van der Waals surface area (Å²) in [7, 11) is 3.00. The van der Waals surface area contributed by atoms with Gasteiger partial charge in [0.15, 0.2) is 5.75 Å². The number of alkyl halides is 3. The number of pyridine rings is 2. The van der Waals surface area contributed by atoms with E-state index in [0.29, 0.717) is 45.9 Å². The van der Waals surface area contributed by atoms with E-state index in [1.54, 1.807) is 18.5 Å². The van der Waals surface area contributed by atoms with Crippen molar-refractivity contribution in [3.63, 3.8) is 0 Å². The number of fused-ring (bicyclic) bond motifs is 1. The van der Waals surface area contributed by atoms with Crippen molar-refractivity contribution in [2.24, 2.45) is 0 Å². The average molecular weight is 447 g/mol. The van der Waals surface area contributed by atoms with E-state index in [1.807, 2.05) is 13.0 Å². The summed E-state index contributed by atoms with van der Waals surface area (Å²) in [5, 5.41) is 15.1. The second-order valence-electron chi connectivity index (χ2n) is 7.05. The van der Waals surface area contributed by atoms with Crippen LogP contribution in [-0.4, -0.2) is 49.8 Å². The lowest BCUT2D eigenvalue weighted by molar-refractivity contribution is -0.142. The van der Waals surface area contributed by atoms with Crippen LogP contribution in [0.3, 0.4) is 0 Å². The first kappa shape index (κ1) is 21.5. The lowest BCUT2D eigenvalue weighted by atomic mass is 10.1. The molecule has 0 aliphatic heterocycles. The minimum Gasteiger partial charge on any atom is -0.494 e. The molecule has 0 unspecified atom stereocenters. The molecule has 0 aromatic carbocycles. The number of rotatable bonds is 6. The second-order valence-corrected chi connectivity index (χ2v) is 7.05. The normalized spacial score (nSPS) is 11.8. The number of halogens is 3. The van der Waals surface area contributed by atoms with Crippen LogP contribution < -0.4 is 9.47 Å². The molecule has 0 saturated carbocycles. The van der Waals surface area contributed by atoms with Gasteiger partial charge in [0.2, 0.25) is 5.88 Å². The molecule has 0 amide bonds. The standard InChI is InChI=1S/C21H20F3N5O3/c1-4-12-5-15(13-6-17(31-2)19(32-3)25-7-13)27-16-10-29(20(30)18(12)16)14-8-26-28(9-14)11-21(22,23)24/h5-10,30H,4,11H2,1-3H3. The van der Waals surface area contributed by atoms with Gasteiger partial charge in [0, 0.05) is 24.2 Å². The molecule has 0 spiro atoms. The van der Waals surface area contributed by atoms with Gasteiger partial charge in [-0.15, -0.1) is 0 Å². The molecular weight excluding hydrogens is 427 g/mol. The number of aryl methyl sites for hydroxylation is 1. The molecule has 4 rings (SSSR count). The monoisotopic (exact) mass is 447 g/mol. The molecule has 0 radical (unpaired) electrons. The van der Waals surface area contributed by atoms with Gasteiger partial charge in [-0.2, -0.15) is 18.3 Å². The van der Waals surface area contributed by atoms with Crippen molar-refractivity contribution in [3.05, 3.63) is 42.5 Å². The fourth-order valence-corrected chi connectivity index (χ4v) is 3.52. The Balaban J connectivity index is 1.81. The Kier molecular flexibility index (Phi) is 5.41. The van der Waals surface area contributed by atoms with E-state index < -0.39 is 12.7 Å². The number of hydrogen-bond acceptors (Lipinski definition) is 6. The van der Waals surface area contributed by atoms with Crippen LogP contribution in [0, 0.1) is 0 Å². The van der Waals surface area contributed by atoms with Crippen molar-refractivity contribution in [2.45, 2.75) is 26.1 Å². The molecule has 8 nitrogen and oxygen atoms in total. The van der Waals surface area contributed by atoms with E-state index in [9.17, 15) is 18.3 Å². The summed E-state index contributed by atoms with van der Waals surface area (Å²) in [4.78, 5) is 8.87. The number of aromatic hydroxyl groups is 1. The zero-order valence-corrected chi connectivity index (χ0v) is 17.5. The van der Waals surface area contributed by atoms with E-state index >= 15 is 0 Å². The van der Waals surface area contributed by atoms with E-state index in [2.05, 4.69) is 15.1 Å². The van der Waals surface area contributed by atoms with Crippen molar-refractivity contribution in [2.75, 3.05) is 14.2 Å². The lowest BCUT2D eigenvalue weighted by Crippen LogP contribution is -2.17. The Labute approximate surface area is 180 Å². The van der Waals surface area contributed by atoms with Crippen molar-refractivity contribution in [1.82, 2.24) is 24.3 Å². The molecule has 0 aliphatic carbocycles. The highest BCUT2D eigenvalue weighted by atomic mass is 19.4. The van der Waals surface area contributed by atoms with Crippen molar-refractivity contribution >= 4 is 10.9 Å². The molecule has 4 aromatic rings. The van der Waals surface area contributed by atoms with Crippen LogP contribution in [0.2, 0.25) is 0 Å². The molecule has 0 aliphatic rings. The molecule has 168 valence electrons. The van der Waals surface area contributed by atoms with E-state index in [0.717, 1.165) is 10.2 Å². The van der Waals surface area contributed by atoms with Gasteiger partial charge in [-0.3, -0.25) is 9.25 Å². The number of methoxy groups -OCH3 is 2. The number of ether oxygens (including phenoxy) is 2. The smallest absolute Gasteiger partial charge is 0.408 e. The highest BCUT2D eigenvalue weighted by molar-refractivity contribution is 5.91. The minimum atomic E-state index is -4.40. The maximum atomic E-state index is 12.7. The van der Waals surface area contributed by atoms with E-state index in [-0.39, 0.29) is 5.88 Å². The van der Waals surface area contributed by atoms with Gasteiger partial charge >= 0.3 is 6.18 Å². The van der Waals surface area contributed by atoms with Gasteiger partial charge in [-0.1, -0.05) is 6.92 Å². The number of hydrogen-bond donors (Lipinski definition) is 1. The molecule has 32 heavy (non-hydrogen) atoms. The molecule has 0 atom stereocenters. The average Bonchev–Trinajstić information content (AvgIpc) is 3.35. The van der Waals surface area contributed by atoms with Gasteiger partial charge in [0.05, 0.1) is 42.7 Å². The first-order valence-electron chi connectivity index (χ1n) is 9.66. The van der Waals surface area contributed by atoms with Crippen molar-refractivity contribution in [1.29, 1.82) is 0 Å². The maximum Gasteiger partial charge on any atom is 0.408 e. The first-order chi connectivity index (χ1) is 15.2. The van der Waals surface area contributed by atoms with Crippen molar-refractivity contribution < 1.29 is 27.8 Å². The quantitative estimate of drug-likeness (QED) is 0.478. The van der Waals surface area contributed by atoms with Crippen LogP contribution in [0.5, 0.6) is 17.5 Å². The summed E-state index contributed by atoms with van der Waals surface area (Å²) in [6, 6.07) is 3.58. The van der Waals surface area contributed by atoms with Gasteiger partial charge in [-0.05, 0) is 24.1 Å². The van der Waals surface area contributed by atoms with Gasteiger partial charge in [0.1, 0.15) is 6.54 Å². The Hall–Kier alpha value is -3.76. The Morgan fingerprint density at radius 1 is 1.09 bits per heavy atom. The SMILES string of the molecule is CCc1cc(-c2cnc(OC)c(OC)c2)nc2cn(-c3cnn(CC(F)(F)F)c3)c(O)c12. The van der Waals surface area contributed by atoms with Gasteiger partial charge < -0.3 is 14.6 Å². The summed E-state index contributed by atoms with van der Waals surface area (Å²) in [5.74, 6) is 0.669. The predicted molar refractivity (Wildman–Crippen MR) is 110 cm³/mol. The third kappa shape index (κ3) is 3.93. The molecule has 0 fully saturated rings. The van der Waals surface area contributed by atoms with E-state index in [1.165, 1.54) is 31.2 Å². The summed E-state index contributed by atoms with van der Waals surface area (Å²) in [5.41, 5.74) is 2.88. The zero-order chi connectivity index (χ0) is 23.0. The Morgan fingerprint density at radius 2 is 1.88 bits per heavy atom. The Bertz CT molecular complexity index is 1280. The third-order valence-electron chi connectivity index (χ3n) is 4.98. The van der Waals surface area contributed by atoms with Gasteiger partial charge in [0.25, 0.3) is 5.88 Å². The highest BCUT2D eigenvalue weighted by Crippen LogP contribution is 2.36. The van der Waals surface area contributed by atoms with Crippen LogP contribution in [0.15, 0.2) is 36.9 Å². The van der Waals surface area contributed by atoms with E-state index in [4.69, 9.17) is 9.47 Å². The molecule has 4 heterocycles. The zero-order valence-electron chi connectivity index (χ0n) is 17.5. The van der Waals surface area contributed by atoms with Crippen LogP contribution in [0.4, 0.5) is 13.2 Å². The molecular formula is C21H20F3N5O3. The first-order valence-corrected chi connectivity index (χ1v) is 9.66. The topological polar surface area (TPSA) is 87.2 Å². The predicted octanol–water partition coefficient (Wildman–Crippen LogP) is 4.13. The van der Waals surface area contributed by atoms with Crippen molar-refractivity contribution in [3.8, 4) is 34.5 Å². The minimum absolute atomic E-state index is 0.118. The summed E-state index contributed by atoms with van der Waals surface area (Å²) in [6.45, 7) is 0.715. The fourth-order valence-electron chi connectivity index (χ4n) is 3.52.